The molecule has 0 unspecified atom stereocenters. The van der Waals surface area contributed by atoms with Crippen LogP contribution in [-0.4, -0.2) is 16.4 Å². The van der Waals surface area contributed by atoms with Crippen molar-refractivity contribution in [1.29, 1.82) is 0 Å². The third-order valence-electron chi connectivity index (χ3n) is 5.02. The lowest BCUT2D eigenvalue weighted by Crippen LogP contribution is -2.62. The van der Waals surface area contributed by atoms with E-state index < -0.39 is 0 Å². The summed E-state index contributed by atoms with van der Waals surface area (Å²) in [4.78, 5) is 15.5. The summed E-state index contributed by atoms with van der Waals surface area (Å²) < 4.78 is 13.5. The zero-order valence-corrected chi connectivity index (χ0v) is 11.7. The second-order valence-corrected chi connectivity index (χ2v) is 6.34. The largest absolute Gasteiger partial charge is 0.350 e. The molecule has 2 fully saturated rings. The SMILES string of the molecule is O=C1CC2(CCC(c3ccnc4ccc(F)cc34)CC2)N1. The van der Waals surface area contributed by atoms with Crippen LogP contribution < -0.4 is 5.32 Å². The summed E-state index contributed by atoms with van der Waals surface area (Å²) in [6, 6.07) is 6.81. The lowest BCUT2D eigenvalue weighted by molar-refractivity contribution is -0.134. The number of carbonyl (C=O) groups excluding carboxylic acids is 1. The van der Waals surface area contributed by atoms with Crippen LogP contribution in [0.4, 0.5) is 4.39 Å². The molecule has 1 N–H and O–H groups in total. The Balaban J connectivity index is 1.63. The minimum atomic E-state index is -0.213. The molecule has 108 valence electrons. The molecular weight excluding hydrogens is 267 g/mol. The third kappa shape index (κ3) is 2.09. The zero-order chi connectivity index (χ0) is 14.4. The minimum Gasteiger partial charge on any atom is -0.350 e. The molecule has 1 saturated heterocycles. The van der Waals surface area contributed by atoms with E-state index in [1.165, 1.54) is 11.6 Å². The average molecular weight is 284 g/mol. The van der Waals surface area contributed by atoms with E-state index in [-0.39, 0.29) is 17.3 Å². The number of halogens is 1. The number of pyridine rings is 1. The van der Waals surface area contributed by atoms with Gasteiger partial charge in [0.2, 0.25) is 5.91 Å². The van der Waals surface area contributed by atoms with E-state index >= 15 is 0 Å². The second-order valence-electron chi connectivity index (χ2n) is 6.34. The molecule has 0 bridgehead atoms. The molecule has 1 aromatic carbocycles. The molecule has 21 heavy (non-hydrogen) atoms. The highest BCUT2D eigenvalue weighted by molar-refractivity contribution is 5.85. The van der Waals surface area contributed by atoms with Crippen molar-refractivity contribution in [2.75, 3.05) is 0 Å². The molecule has 1 amide bonds. The van der Waals surface area contributed by atoms with Gasteiger partial charge in [-0.15, -0.1) is 0 Å². The maximum atomic E-state index is 13.5. The zero-order valence-electron chi connectivity index (χ0n) is 11.7. The Bertz CT molecular complexity index is 710. The Morgan fingerprint density at radius 2 is 2.00 bits per heavy atom. The van der Waals surface area contributed by atoms with E-state index in [0.29, 0.717) is 12.3 Å². The highest BCUT2D eigenvalue weighted by atomic mass is 19.1. The van der Waals surface area contributed by atoms with Gasteiger partial charge in [0, 0.05) is 23.5 Å². The van der Waals surface area contributed by atoms with Crippen LogP contribution in [0.5, 0.6) is 0 Å². The number of amides is 1. The summed E-state index contributed by atoms with van der Waals surface area (Å²) in [6.45, 7) is 0. The van der Waals surface area contributed by atoms with Gasteiger partial charge in [-0.2, -0.15) is 0 Å². The lowest BCUT2D eigenvalue weighted by atomic mass is 9.69. The molecule has 4 rings (SSSR count). The fourth-order valence-corrected chi connectivity index (χ4v) is 3.86. The first-order valence-corrected chi connectivity index (χ1v) is 7.50. The Kier molecular flexibility index (Phi) is 2.74. The van der Waals surface area contributed by atoms with Gasteiger partial charge in [-0.3, -0.25) is 9.78 Å². The van der Waals surface area contributed by atoms with E-state index in [0.717, 1.165) is 36.6 Å². The lowest BCUT2D eigenvalue weighted by Gasteiger charge is -2.47. The molecular formula is C17H17FN2O. The molecule has 4 heteroatoms. The Hall–Kier alpha value is -1.97. The van der Waals surface area contributed by atoms with E-state index in [9.17, 15) is 9.18 Å². The summed E-state index contributed by atoms with van der Waals surface area (Å²) in [6.07, 6.45) is 6.59. The van der Waals surface area contributed by atoms with Crippen LogP contribution in [0.2, 0.25) is 0 Å². The van der Waals surface area contributed by atoms with Crippen molar-refractivity contribution < 1.29 is 9.18 Å². The van der Waals surface area contributed by atoms with Gasteiger partial charge in [-0.25, -0.2) is 4.39 Å². The number of benzene rings is 1. The van der Waals surface area contributed by atoms with Crippen molar-refractivity contribution >= 4 is 16.8 Å². The molecule has 1 aliphatic carbocycles. The maximum Gasteiger partial charge on any atom is 0.222 e. The summed E-state index contributed by atoms with van der Waals surface area (Å²) in [5.41, 5.74) is 2.10. The van der Waals surface area contributed by atoms with Crippen molar-refractivity contribution in [3.8, 4) is 0 Å². The van der Waals surface area contributed by atoms with Crippen molar-refractivity contribution in [2.45, 2.75) is 43.6 Å². The topological polar surface area (TPSA) is 42.0 Å². The van der Waals surface area contributed by atoms with Crippen LogP contribution >= 0.6 is 0 Å². The Morgan fingerprint density at radius 1 is 1.24 bits per heavy atom. The third-order valence-corrected chi connectivity index (χ3v) is 5.02. The minimum absolute atomic E-state index is 0.0572. The fraction of sp³-hybridized carbons (Fsp3) is 0.412. The number of aromatic nitrogens is 1. The van der Waals surface area contributed by atoms with E-state index in [4.69, 9.17) is 0 Å². The molecule has 0 atom stereocenters. The average Bonchev–Trinajstić information content (AvgIpc) is 2.46. The molecule has 2 aliphatic rings. The van der Waals surface area contributed by atoms with Gasteiger partial charge in [0.15, 0.2) is 0 Å². The molecule has 2 heterocycles. The predicted octanol–water partition coefficient (Wildman–Crippen LogP) is 3.29. The number of nitrogens with one attached hydrogen (secondary N) is 1. The van der Waals surface area contributed by atoms with Gasteiger partial charge in [-0.1, -0.05) is 0 Å². The standard InChI is InChI=1S/C17H17FN2O/c18-12-1-2-15-14(9-12)13(5-8-19-15)11-3-6-17(7-4-11)10-16(21)20-17/h1-2,5,8-9,11H,3-4,6-7,10H2,(H,20,21). The quantitative estimate of drug-likeness (QED) is 0.816. The Labute approximate surface area is 122 Å². The number of fused-ring (bicyclic) bond motifs is 1. The summed E-state index contributed by atoms with van der Waals surface area (Å²) in [5.74, 6) is 0.389. The molecule has 0 radical (unpaired) electrons. The number of hydrogen-bond acceptors (Lipinski definition) is 2. The van der Waals surface area contributed by atoms with Crippen molar-refractivity contribution in [1.82, 2.24) is 10.3 Å². The number of nitrogens with zero attached hydrogens (tertiary/aromatic N) is 1. The van der Waals surface area contributed by atoms with Crippen LogP contribution in [0.25, 0.3) is 10.9 Å². The van der Waals surface area contributed by atoms with Crippen molar-refractivity contribution in [3.63, 3.8) is 0 Å². The van der Waals surface area contributed by atoms with Gasteiger partial charge < -0.3 is 5.32 Å². The smallest absolute Gasteiger partial charge is 0.222 e. The second kappa shape index (κ2) is 4.52. The highest BCUT2D eigenvalue weighted by Gasteiger charge is 2.45. The van der Waals surface area contributed by atoms with Crippen LogP contribution in [-0.2, 0) is 4.79 Å². The van der Waals surface area contributed by atoms with Crippen LogP contribution in [0, 0.1) is 5.82 Å². The van der Waals surface area contributed by atoms with Gasteiger partial charge >= 0.3 is 0 Å². The van der Waals surface area contributed by atoms with Crippen molar-refractivity contribution in [2.24, 2.45) is 0 Å². The van der Waals surface area contributed by atoms with Crippen LogP contribution in [0.1, 0.15) is 43.6 Å². The summed E-state index contributed by atoms with van der Waals surface area (Å²) >= 11 is 0. The molecule has 3 nitrogen and oxygen atoms in total. The van der Waals surface area contributed by atoms with E-state index in [1.807, 2.05) is 12.3 Å². The Morgan fingerprint density at radius 3 is 2.71 bits per heavy atom. The normalized spacial score (nSPS) is 28.4. The number of rotatable bonds is 1. The molecule has 2 aromatic rings. The number of carbonyl (C=O) groups is 1. The first kappa shape index (κ1) is 12.7. The van der Waals surface area contributed by atoms with Crippen molar-refractivity contribution in [3.05, 3.63) is 41.8 Å². The first-order valence-electron chi connectivity index (χ1n) is 7.50. The van der Waals surface area contributed by atoms with Crippen LogP contribution in [0.15, 0.2) is 30.5 Å². The molecule has 1 spiro atoms. The van der Waals surface area contributed by atoms with E-state index in [1.54, 1.807) is 12.1 Å². The molecule has 1 saturated carbocycles. The van der Waals surface area contributed by atoms with Gasteiger partial charge in [-0.05, 0) is 61.4 Å². The van der Waals surface area contributed by atoms with Gasteiger partial charge in [0.25, 0.3) is 0 Å². The number of β-lactam (4-membered cyclic amide) rings is 1. The van der Waals surface area contributed by atoms with Gasteiger partial charge in [0.05, 0.1) is 5.52 Å². The predicted molar refractivity (Wildman–Crippen MR) is 78.4 cm³/mol. The molecule has 1 aromatic heterocycles. The first-order chi connectivity index (χ1) is 10.2. The number of hydrogen-bond donors (Lipinski definition) is 1. The summed E-state index contributed by atoms with van der Waals surface area (Å²) in [5, 5.41) is 3.99. The highest BCUT2D eigenvalue weighted by Crippen LogP contribution is 2.43. The van der Waals surface area contributed by atoms with E-state index in [2.05, 4.69) is 10.3 Å². The fourth-order valence-electron chi connectivity index (χ4n) is 3.86. The maximum absolute atomic E-state index is 13.5. The summed E-state index contributed by atoms with van der Waals surface area (Å²) in [7, 11) is 0. The van der Waals surface area contributed by atoms with Gasteiger partial charge in [0.1, 0.15) is 5.82 Å². The van der Waals surface area contributed by atoms with Crippen LogP contribution in [0.3, 0.4) is 0 Å². The molecule has 1 aliphatic heterocycles. The monoisotopic (exact) mass is 284 g/mol.